The number of halogens is 1. The summed E-state index contributed by atoms with van der Waals surface area (Å²) in [5.41, 5.74) is -1.43. The van der Waals surface area contributed by atoms with E-state index in [2.05, 4.69) is 0 Å². The molecule has 2 saturated heterocycles. The van der Waals surface area contributed by atoms with Gasteiger partial charge in [0.2, 0.25) is 0 Å². The van der Waals surface area contributed by atoms with Crippen LogP contribution in [0.4, 0.5) is 4.39 Å². The van der Waals surface area contributed by atoms with Crippen molar-refractivity contribution >= 4 is 23.9 Å². The Morgan fingerprint density at radius 1 is 0.679 bits per heavy atom. The summed E-state index contributed by atoms with van der Waals surface area (Å²) in [6.45, 7) is 0. The molecule has 0 radical (unpaired) electrons. The van der Waals surface area contributed by atoms with Crippen LogP contribution in [0.5, 0.6) is 0 Å². The van der Waals surface area contributed by atoms with Crippen molar-refractivity contribution in [1.29, 1.82) is 0 Å². The fourth-order valence-corrected chi connectivity index (χ4v) is 4.78. The van der Waals surface area contributed by atoms with E-state index in [0.717, 1.165) is 0 Å². The highest BCUT2D eigenvalue weighted by molar-refractivity contribution is 5.93. The van der Waals surface area contributed by atoms with Gasteiger partial charge in [0, 0.05) is 25.7 Å². The molecule has 2 aliphatic carbocycles. The number of carbonyl (C=O) groups is 4. The number of rotatable bonds is 2. The third-order valence-electron chi connectivity index (χ3n) is 6.21. The minimum Gasteiger partial charge on any atom is -0.422 e. The molecule has 0 aromatic rings. The Kier molecular flexibility index (Phi) is 4.58. The number of ether oxygens (including phenoxy) is 4. The molecule has 4 aliphatic rings. The molecule has 2 heterocycles. The highest BCUT2D eigenvalue weighted by atomic mass is 19.1. The van der Waals surface area contributed by atoms with Gasteiger partial charge in [0.15, 0.2) is 0 Å². The Labute approximate surface area is 161 Å². The van der Waals surface area contributed by atoms with Gasteiger partial charge in [0.1, 0.15) is 18.5 Å². The Bertz CT molecular complexity index is 665. The summed E-state index contributed by atoms with van der Waals surface area (Å²) in [6, 6.07) is 0. The van der Waals surface area contributed by atoms with Crippen LogP contribution in [-0.4, -0.2) is 41.1 Å². The zero-order chi connectivity index (χ0) is 20.0. The first kappa shape index (κ1) is 19.1. The van der Waals surface area contributed by atoms with E-state index in [1.54, 1.807) is 0 Å². The second-order valence-corrected chi connectivity index (χ2v) is 8.37. The molecule has 0 amide bonds. The van der Waals surface area contributed by atoms with Gasteiger partial charge < -0.3 is 18.9 Å². The highest BCUT2D eigenvalue weighted by Crippen LogP contribution is 2.48. The molecule has 154 valence electrons. The molecule has 9 heteroatoms. The van der Waals surface area contributed by atoms with Gasteiger partial charge in [0.25, 0.3) is 11.6 Å². The average Bonchev–Trinajstić information content (AvgIpc) is 2.59. The Hall–Kier alpha value is -2.19. The van der Waals surface area contributed by atoms with E-state index < -0.39 is 47.5 Å². The second-order valence-electron chi connectivity index (χ2n) is 8.37. The third-order valence-corrected chi connectivity index (χ3v) is 6.21. The van der Waals surface area contributed by atoms with Crippen LogP contribution in [0, 0.1) is 5.92 Å². The SMILES string of the molecule is O=C1CC(=O)OC2(CCC(CC3(F)CCC4(CC3)OC(=O)CC(=O)O4)CC2)O1. The number of carbonyl (C=O) groups excluding carboxylic acids is 4. The quantitative estimate of drug-likeness (QED) is 0.515. The van der Waals surface area contributed by atoms with Gasteiger partial charge >= 0.3 is 23.9 Å². The van der Waals surface area contributed by atoms with Crippen molar-refractivity contribution in [2.24, 2.45) is 5.92 Å². The predicted molar refractivity (Wildman–Crippen MR) is 87.9 cm³/mol. The van der Waals surface area contributed by atoms with Crippen molar-refractivity contribution < 1.29 is 42.5 Å². The van der Waals surface area contributed by atoms with Gasteiger partial charge in [0.05, 0.1) is 0 Å². The molecule has 0 bridgehead atoms. The van der Waals surface area contributed by atoms with Crippen molar-refractivity contribution in [2.75, 3.05) is 0 Å². The molecule has 0 unspecified atom stereocenters. The van der Waals surface area contributed by atoms with Crippen LogP contribution in [0.3, 0.4) is 0 Å². The topological polar surface area (TPSA) is 105 Å². The predicted octanol–water partition coefficient (Wildman–Crippen LogP) is 2.22. The van der Waals surface area contributed by atoms with E-state index in [-0.39, 0.29) is 38.0 Å². The second kappa shape index (κ2) is 6.70. The van der Waals surface area contributed by atoms with E-state index in [1.807, 2.05) is 0 Å². The molecule has 0 N–H and O–H groups in total. The van der Waals surface area contributed by atoms with Crippen molar-refractivity contribution in [3.05, 3.63) is 0 Å². The van der Waals surface area contributed by atoms with Gasteiger partial charge in [-0.3, -0.25) is 19.2 Å². The molecular weight excluding hydrogens is 375 g/mol. The first-order valence-electron chi connectivity index (χ1n) is 9.75. The Balaban J connectivity index is 1.31. The first-order valence-corrected chi connectivity index (χ1v) is 9.75. The molecule has 2 saturated carbocycles. The number of esters is 4. The van der Waals surface area contributed by atoms with Gasteiger partial charge in [-0.25, -0.2) is 4.39 Å². The molecular formula is C19H23FO8. The lowest BCUT2D eigenvalue weighted by Gasteiger charge is -2.45. The van der Waals surface area contributed by atoms with E-state index in [4.69, 9.17) is 18.9 Å². The maximum atomic E-state index is 15.4. The van der Waals surface area contributed by atoms with Crippen LogP contribution in [0.2, 0.25) is 0 Å². The summed E-state index contributed by atoms with van der Waals surface area (Å²) in [7, 11) is 0. The fourth-order valence-electron chi connectivity index (χ4n) is 4.78. The van der Waals surface area contributed by atoms with Crippen LogP contribution in [0.1, 0.15) is 70.6 Å². The van der Waals surface area contributed by atoms with E-state index in [0.29, 0.717) is 32.1 Å². The van der Waals surface area contributed by atoms with Crippen LogP contribution >= 0.6 is 0 Å². The number of hydrogen-bond donors (Lipinski definition) is 0. The molecule has 2 aliphatic heterocycles. The maximum absolute atomic E-state index is 15.4. The van der Waals surface area contributed by atoms with E-state index in [9.17, 15) is 19.2 Å². The van der Waals surface area contributed by atoms with Crippen molar-refractivity contribution in [3.8, 4) is 0 Å². The summed E-state index contributed by atoms with van der Waals surface area (Å²) in [5.74, 6) is -4.85. The van der Waals surface area contributed by atoms with Gasteiger partial charge in [-0.2, -0.15) is 0 Å². The minimum absolute atomic E-state index is 0.0699. The normalized spacial score (nSPS) is 32.5. The zero-order valence-corrected chi connectivity index (χ0v) is 15.5. The average molecular weight is 398 g/mol. The van der Waals surface area contributed by atoms with Crippen LogP contribution in [-0.2, 0) is 38.1 Å². The Morgan fingerprint density at radius 2 is 1.07 bits per heavy atom. The van der Waals surface area contributed by atoms with Crippen molar-refractivity contribution in [1.82, 2.24) is 0 Å². The summed E-state index contributed by atoms with van der Waals surface area (Å²) in [5, 5.41) is 0. The van der Waals surface area contributed by atoms with E-state index >= 15 is 4.39 Å². The molecule has 4 rings (SSSR count). The molecule has 4 fully saturated rings. The fraction of sp³-hybridized carbons (Fsp3) is 0.789. The zero-order valence-electron chi connectivity index (χ0n) is 15.5. The summed E-state index contributed by atoms with van der Waals surface area (Å²) in [6.07, 6.45) is 2.02. The molecule has 0 aromatic heterocycles. The summed E-state index contributed by atoms with van der Waals surface area (Å²) < 4.78 is 36.4. The van der Waals surface area contributed by atoms with Crippen LogP contribution in [0.25, 0.3) is 0 Å². The maximum Gasteiger partial charge on any atom is 0.320 e. The smallest absolute Gasteiger partial charge is 0.320 e. The standard InChI is InChI=1S/C19H23FO8/c20-17(5-7-19(8-6-17)27-15(23)10-16(24)28-19)11-12-1-3-18(4-2-12)25-13(21)9-14(22)26-18/h12H,1-11H2. The van der Waals surface area contributed by atoms with Crippen LogP contribution < -0.4 is 0 Å². The van der Waals surface area contributed by atoms with Crippen molar-refractivity contribution in [3.63, 3.8) is 0 Å². The minimum atomic E-state index is -1.43. The Morgan fingerprint density at radius 3 is 1.50 bits per heavy atom. The number of hydrogen-bond acceptors (Lipinski definition) is 8. The molecule has 8 nitrogen and oxygen atoms in total. The third kappa shape index (κ3) is 3.84. The summed E-state index contributed by atoms with van der Waals surface area (Å²) in [4.78, 5) is 46.1. The van der Waals surface area contributed by atoms with Gasteiger partial charge in [-0.1, -0.05) is 0 Å². The highest BCUT2D eigenvalue weighted by Gasteiger charge is 2.52. The molecule has 2 spiro atoms. The number of alkyl halides is 1. The van der Waals surface area contributed by atoms with Gasteiger partial charge in [-0.15, -0.1) is 0 Å². The van der Waals surface area contributed by atoms with E-state index in [1.165, 1.54) is 0 Å². The van der Waals surface area contributed by atoms with Crippen LogP contribution in [0.15, 0.2) is 0 Å². The molecule has 0 atom stereocenters. The lowest BCUT2D eigenvalue weighted by Crippen LogP contribution is -2.51. The first-order chi connectivity index (χ1) is 13.2. The van der Waals surface area contributed by atoms with Gasteiger partial charge in [-0.05, 0) is 38.0 Å². The lowest BCUT2D eigenvalue weighted by atomic mass is 9.73. The van der Waals surface area contributed by atoms with Crippen molar-refractivity contribution in [2.45, 2.75) is 87.9 Å². The monoisotopic (exact) mass is 398 g/mol. The lowest BCUT2D eigenvalue weighted by molar-refractivity contribution is -0.260. The molecule has 28 heavy (non-hydrogen) atoms. The molecule has 0 aromatic carbocycles. The largest absolute Gasteiger partial charge is 0.422 e. The summed E-state index contributed by atoms with van der Waals surface area (Å²) >= 11 is 0.